The quantitative estimate of drug-likeness (QED) is 0.807. The molecule has 0 fully saturated rings. The standard InChI is InChI=1S/C13H11BrF3N3/c1-7-3-4-9(5-10(7)13(15,16)17)20-12-6-11(14)18-8(2)19-12/h3-6H,1-2H3,(H,18,19,20). The summed E-state index contributed by atoms with van der Waals surface area (Å²) in [7, 11) is 0. The highest BCUT2D eigenvalue weighted by atomic mass is 79.9. The third-order valence-corrected chi connectivity index (χ3v) is 3.03. The predicted molar refractivity (Wildman–Crippen MR) is 73.9 cm³/mol. The third-order valence-electron chi connectivity index (χ3n) is 2.62. The number of nitrogens with zero attached hydrogens (tertiary/aromatic N) is 2. The Balaban J connectivity index is 2.35. The van der Waals surface area contributed by atoms with Crippen LogP contribution >= 0.6 is 15.9 Å². The monoisotopic (exact) mass is 345 g/mol. The molecule has 0 saturated carbocycles. The van der Waals surface area contributed by atoms with E-state index < -0.39 is 11.7 Å². The smallest absolute Gasteiger partial charge is 0.340 e. The first kappa shape index (κ1) is 14.8. The van der Waals surface area contributed by atoms with Gasteiger partial charge in [-0.25, -0.2) is 9.97 Å². The Labute approximate surface area is 122 Å². The van der Waals surface area contributed by atoms with E-state index in [9.17, 15) is 13.2 Å². The van der Waals surface area contributed by atoms with Gasteiger partial charge in [0.2, 0.25) is 0 Å². The molecule has 0 atom stereocenters. The van der Waals surface area contributed by atoms with Gasteiger partial charge in [-0.3, -0.25) is 0 Å². The fourth-order valence-corrected chi connectivity index (χ4v) is 2.22. The maximum Gasteiger partial charge on any atom is 0.416 e. The van der Waals surface area contributed by atoms with Crippen LogP contribution in [-0.2, 0) is 6.18 Å². The number of hydrogen-bond acceptors (Lipinski definition) is 3. The zero-order valence-corrected chi connectivity index (χ0v) is 12.3. The Morgan fingerprint density at radius 3 is 2.40 bits per heavy atom. The van der Waals surface area contributed by atoms with Crippen molar-refractivity contribution in [2.45, 2.75) is 20.0 Å². The second kappa shape index (κ2) is 5.40. The molecule has 0 aliphatic heterocycles. The third kappa shape index (κ3) is 3.47. The summed E-state index contributed by atoms with van der Waals surface area (Å²) in [4.78, 5) is 8.14. The minimum absolute atomic E-state index is 0.183. The lowest BCUT2D eigenvalue weighted by Gasteiger charge is -2.13. The number of aryl methyl sites for hydroxylation is 2. The SMILES string of the molecule is Cc1nc(Br)cc(Nc2ccc(C)c(C(F)(F)F)c2)n1. The Bertz CT molecular complexity index is 621. The number of rotatable bonds is 2. The van der Waals surface area contributed by atoms with Crippen molar-refractivity contribution < 1.29 is 13.2 Å². The van der Waals surface area contributed by atoms with E-state index in [-0.39, 0.29) is 5.56 Å². The number of hydrogen-bond donors (Lipinski definition) is 1. The van der Waals surface area contributed by atoms with Gasteiger partial charge in [-0.2, -0.15) is 13.2 Å². The minimum Gasteiger partial charge on any atom is -0.340 e. The average Bonchev–Trinajstić information content (AvgIpc) is 2.29. The van der Waals surface area contributed by atoms with Crippen molar-refractivity contribution in [3.63, 3.8) is 0 Å². The van der Waals surface area contributed by atoms with Crippen molar-refractivity contribution in [3.8, 4) is 0 Å². The largest absolute Gasteiger partial charge is 0.416 e. The first-order valence-corrected chi connectivity index (χ1v) is 6.51. The lowest BCUT2D eigenvalue weighted by atomic mass is 10.1. The van der Waals surface area contributed by atoms with Gasteiger partial charge in [0.1, 0.15) is 16.2 Å². The molecule has 106 valence electrons. The van der Waals surface area contributed by atoms with Crippen molar-refractivity contribution in [2.75, 3.05) is 5.32 Å². The molecule has 7 heteroatoms. The van der Waals surface area contributed by atoms with Gasteiger partial charge in [-0.1, -0.05) is 6.07 Å². The molecule has 3 nitrogen and oxygen atoms in total. The van der Waals surface area contributed by atoms with Gasteiger partial charge in [0, 0.05) is 11.8 Å². The molecule has 1 N–H and O–H groups in total. The van der Waals surface area contributed by atoms with E-state index in [0.717, 1.165) is 6.07 Å². The molecule has 0 radical (unpaired) electrons. The first-order chi connectivity index (χ1) is 9.25. The van der Waals surface area contributed by atoms with Gasteiger partial charge in [0.05, 0.1) is 5.56 Å². The van der Waals surface area contributed by atoms with Gasteiger partial charge < -0.3 is 5.32 Å². The van der Waals surface area contributed by atoms with Crippen molar-refractivity contribution in [2.24, 2.45) is 0 Å². The number of halogens is 4. The zero-order chi connectivity index (χ0) is 14.9. The van der Waals surface area contributed by atoms with Gasteiger partial charge in [0.25, 0.3) is 0 Å². The molecule has 0 aliphatic carbocycles. The van der Waals surface area contributed by atoms with Crippen LogP contribution in [0.15, 0.2) is 28.9 Å². The number of benzene rings is 1. The van der Waals surface area contributed by atoms with Crippen LogP contribution < -0.4 is 5.32 Å². The Morgan fingerprint density at radius 2 is 1.80 bits per heavy atom. The summed E-state index contributed by atoms with van der Waals surface area (Å²) < 4.78 is 39.1. The topological polar surface area (TPSA) is 37.8 Å². The van der Waals surface area contributed by atoms with Crippen molar-refractivity contribution in [3.05, 3.63) is 45.8 Å². The summed E-state index contributed by atoms with van der Waals surface area (Å²) in [6.07, 6.45) is -4.37. The van der Waals surface area contributed by atoms with E-state index >= 15 is 0 Å². The van der Waals surface area contributed by atoms with Crippen LogP contribution in [-0.4, -0.2) is 9.97 Å². The number of aromatic nitrogens is 2. The minimum atomic E-state index is -4.37. The second-order valence-corrected chi connectivity index (χ2v) is 5.09. The normalized spacial score (nSPS) is 11.5. The van der Waals surface area contributed by atoms with Gasteiger partial charge >= 0.3 is 6.18 Å². The molecule has 1 heterocycles. The number of alkyl halides is 3. The summed E-state index contributed by atoms with van der Waals surface area (Å²) in [5.41, 5.74) is -0.150. The molecule has 1 aromatic heterocycles. The van der Waals surface area contributed by atoms with Gasteiger partial charge in [-0.15, -0.1) is 0 Å². The Hall–Kier alpha value is -1.63. The highest BCUT2D eigenvalue weighted by Crippen LogP contribution is 2.34. The Morgan fingerprint density at radius 1 is 1.10 bits per heavy atom. The molecular weight excluding hydrogens is 335 g/mol. The van der Waals surface area contributed by atoms with Crippen molar-refractivity contribution in [1.29, 1.82) is 0 Å². The van der Waals surface area contributed by atoms with Crippen molar-refractivity contribution in [1.82, 2.24) is 9.97 Å². The van der Waals surface area contributed by atoms with Crippen molar-refractivity contribution >= 4 is 27.4 Å². The molecular formula is C13H11BrF3N3. The highest BCUT2D eigenvalue weighted by Gasteiger charge is 2.32. The highest BCUT2D eigenvalue weighted by molar-refractivity contribution is 9.10. The van der Waals surface area contributed by atoms with E-state index in [1.807, 2.05) is 0 Å². The lowest BCUT2D eigenvalue weighted by molar-refractivity contribution is -0.138. The summed E-state index contributed by atoms with van der Waals surface area (Å²) >= 11 is 3.21. The molecule has 0 aliphatic rings. The molecule has 20 heavy (non-hydrogen) atoms. The van der Waals surface area contributed by atoms with E-state index in [4.69, 9.17) is 0 Å². The molecule has 2 aromatic rings. The zero-order valence-electron chi connectivity index (χ0n) is 10.7. The summed E-state index contributed by atoms with van der Waals surface area (Å²) in [5, 5.41) is 2.84. The summed E-state index contributed by atoms with van der Waals surface area (Å²) in [6, 6.07) is 5.67. The van der Waals surface area contributed by atoms with E-state index in [1.165, 1.54) is 13.0 Å². The van der Waals surface area contributed by atoms with Crippen LogP contribution in [0.25, 0.3) is 0 Å². The molecule has 0 saturated heterocycles. The van der Waals surface area contributed by atoms with Crippen LogP contribution in [0.2, 0.25) is 0 Å². The number of anilines is 2. The predicted octanol–water partition coefficient (Wildman–Crippen LogP) is 4.62. The summed E-state index contributed by atoms with van der Waals surface area (Å²) in [5.74, 6) is 0.950. The Kier molecular flexibility index (Phi) is 3.99. The van der Waals surface area contributed by atoms with Crippen LogP contribution in [0.4, 0.5) is 24.7 Å². The van der Waals surface area contributed by atoms with Crippen LogP contribution in [0.3, 0.4) is 0 Å². The molecule has 0 spiro atoms. The molecule has 0 amide bonds. The maximum atomic E-state index is 12.8. The lowest BCUT2D eigenvalue weighted by Crippen LogP contribution is -2.08. The van der Waals surface area contributed by atoms with E-state index in [1.54, 1.807) is 19.1 Å². The van der Waals surface area contributed by atoms with Crippen LogP contribution in [0.1, 0.15) is 17.0 Å². The molecule has 0 bridgehead atoms. The molecule has 2 rings (SSSR count). The van der Waals surface area contributed by atoms with E-state index in [0.29, 0.717) is 21.9 Å². The van der Waals surface area contributed by atoms with E-state index in [2.05, 4.69) is 31.2 Å². The van der Waals surface area contributed by atoms with Gasteiger partial charge in [-0.05, 0) is 47.5 Å². The fourth-order valence-electron chi connectivity index (χ4n) is 1.75. The maximum absolute atomic E-state index is 12.8. The van der Waals surface area contributed by atoms with Crippen LogP contribution in [0, 0.1) is 13.8 Å². The average molecular weight is 346 g/mol. The number of nitrogens with one attached hydrogen (secondary N) is 1. The summed E-state index contributed by atoms with van der Waals surface area (Å²) in [6.45, 7) is 3.13. The molecule has 1 aromatic carbocycles. The first-order valence-electron chi connectivity index (χ1n) is 5.72. The van der Waals surface area contributed by atoms with Gasteiger partial charge in [0.15, 0.2) is 0 Å². The fraction of sp³-hybridized carbons (Fsp3) is 0.231. The second-order valence-electron chi connectivity index (χ2n) is 4.28. The molecule has 0 unspecified atom stereocenters. The van der Waals surface area contributed by atoms with Crippen LogP contribution in [0.5, 0.6) is 0 Å².